The van der Waals surface area contributed by atoms with Crippen LogP contribution in [0.4, 0.5) is 17.1 Å². The van der Waals surface area contributed by atoms with Gasteiger partial charge in [-0.1, -0.05) is 29.9 Å². The van der Waals surface area contributed by atoms with Crippen molar-refractivity contribution in [1.82, 2.24) is 4.47 Å². The highest BCUT2D eigenvalue weighted by Crippen LogP contribution is 2.39. The maximum Gasteiger partial charge on any atom is 0.269 e. The fourth-order valence-electron chi connectivity index (χ4n) is 2.67. The van der Waals surface area contributed by atoms with E-state index in [1.54, 1.807) is 0 Å². The first-order valence-corrected chi connectivity index (χ1v) is 10.7. The van der Waals surface area contributed by atoms with E-state index in [-0.39, 0.29) is 34.0 Å². The van der Waals surface area contributed by atoms with Crippen LogP contribution in [0.25, 0.3) is 0 Å². The summed E-state index contributed by atoms with van der Waals surface area (Å²) in [6, 6.07) is 2.28. The molecule has 1 unspecified atom stereocenters. The number of rotatable bonds is 10. The normalized spacial score (nSPS) is 13.2. The van der Waals surface area contributed by atoms with Crippen LogP contribution < -0.4 is 21.5 Å². The van der Waals surface area contributed by atoms with Gasteiger partial charge in [-0.25, -0.2) is 8.42 Å². The molecule has 1 atom stereocenters. The van der Waals surface area contributed by atoms with Crippen LogP contribution in [0.2, 0.25) is 5.02 Å². The predicted octanol–water partition coefficient (Wildman–Crippen LogP) is 1.65. The Morgan fingerprint density at radius 1 is 1.17 bits per heavy atom. The molecule has 0 fully saturated rings. The molecule has 0 aromatic heterocycles. The van der Waals surface area contributed by atoms with Gasteiger partial charge >= 0.3 is 0 Å². The number of benzene rings is 1. The van der Waals surface area contributed by atoms with Gasteiger partial charge in [0, 0.05) is 14.2 Å². The summed E-state index contributed by atoms with van der Waals surface area (Å²) >= 11 is 5.98. The number of anilines is 3. The van der Waals surface area contributed by atoms with E-state index >= 15 is 0 Å². The number of aromatic hydroxyl groups is 1. The van der Waals surface area contributed by atoms with Crippen LogP contribution in [0.1, 0.15) is 13.8 Å². The van der Waals surface area contributed by atoms with Gasteiger partial charge in [-0.15, -0.1) is 0 Å². The summed E-state index contributed by atoms with van der Waals surface area (Å²) < 4.78 is 30.8. The molecule has 0 amide bonds. The molecule has 30 heavy (non-hydrogen) atoms. The van der Waals surface area contributed by atoms with Crippen LogP contribution >= 0.6 is 11.6 Å². The van der Waals surface area contributed by atoms with Gasteiger partial charge < -0.3 is 20.5 Å². The average molecular weight is 462 g/mol. The molecule has 0 aliphatic rings. The average Bonchev–Trinajstić information content (AvgIpc) is 2.69. The maximum absolute atomic E-state index is 12.6. The number of phenols is 1. The first-order valence-electron chi connectivity index (χ1n) is 8.87. The number of hydrogen-bond acceptors (Lipinski definition) is 9. The molecule has 166 valence electrons. The lowest BCUT2D eigenvalue weighted by molar-refractivity contribution is -0.0259. The SMILES string of the molecule is COCC(Nc1c(Nc2ccc(Cl)c(S(=O)(=O)N(C)OC)c2O)c(=O)c1=O)C(C)C. The van der Waals surface area contributed by atoms with Crippen molar-refractivity contribution in [2.24, 2.45) is 5.92 Å². The van der Waals surface area contributed by atoms with Crippen molar-refractivity contribution >= 4 is 38.7 Å². The highest BCUT2D eigenvalue weighted by molar-refractivity contribution is 7.89. The number of hydrogen-bond donors (Lipinski definition) is 3. The Morgan fingerprint density at radius 3 is 2.30 bits per heavy atom. The van der Waals surface area contributed by atoms with Gasteiger partial charge in [0.2, 0.25) is 0 Å². The summed E-state index contributed by atoms with van der Waals surface area (Å²) in [5.74, 6) is -0.629. The lowest BCUT2D eigenvalue weighted by Crippen LogP contribution is -2.41. The number of nitrogens with zero attached hydrogens (tertiary/aromatic N) is 1. The third-order valence-corrected chi connectivity index (χ3v) is 6.77. The molecule has 2 aromatic carbocycles. The van der Waals surface area contributed by atoms with Crippen LogP contribution in [-0.2, 0) is 19.6 Å². The minimum absolute atomic E-state index is 0.0310. The minimum atomic E-state index is -4.28. The first kappa shape index (κ1) is 24.1. The van der Waals surface area contributed by atoms with Crippen LogP contribution in [0.3, 0.4) is 0 Å². The Kier molecular flexibility index (Phi) is 7.48. The second-order valence-corrected chi connectivity index (χ2v) is 9.13. The van der Waals surface area contributed by atoms with Crippen molar-refractivity contribution in [2.75, 3.05) is 38.5 Å². The summed E-state index contributed by atoms with van der Waals surface area (Å²) in [5.41, 5.74) is -1.71. The van der Waals surface area contributed by atoms with E-state index in [1.165, 1.54) is 19.2 Å². The molecule has 10 nitrogen and oxygen atoms in total. The smallest absolute Gasteiger partial charge is 0.269 e. The third kappa shape index (κ3) is 4.44. The van der Waals surface area contributed by atoms with Gasteiger partial charge in [-0.3, -0.25) is 14.4 Å². The molecule has 0 aliphatic heterocycles. The number of halogens is 1. The summed E-state index contributed by atoms with van der Waals surface area (Å²) in [5, 5.41) is 15.9. The van der Waals surface area contributed by atoms with E-state index in [2.05, 4.69) is 10.6 Å². The lowest BCUT2D eigenvalue weighted by Gasteiger charge is -2.25. The number of ether oxygens (including phenoxy) is 1. The highest BCUT2D eigenvalue weighted by Gasteiger charge is 2.31. The van der Waals surface area contributed by atoms with Gasteiger partial charge in [0.1, 0.15) is 16.3 Å². The van der Waals surface area contributed by atoms with E-state index in [4.69, 9.17) is 21.2 Å². The van der Waals surface area contributed by atoms with Gasteiger partial charge in [0.05, 0.1) is 30.5 Å². The highest BCUT2D eigenvalue weighted by atomic mass is 35.5. The molecule has 2 aromatic rings. The predicted molar refractivity (Wildman–Crippen MR) is 114 cm³/mol. The molecule has 2 rings (SSSR count). The van der Waals surface area contributed by atoms with Gasteiger partial charge in [0.25, 0.3) is 20.9 Å². The number of nitrogens with one attached hydrogen (secondary N) is 2. The fraction of sp³-hybridized carbons (Fsp3) is 0.444. The van der Waals surface area contributed by atoms with E-state index in [1.807, 2.05) is 13.8 Å². The molecule has 0 saturated heterocycles. The molecule has 0 radical (unpaired) electrons. The Hall–Kier alpha value is -2.18. The second kappa shape index (κ2) is 9.31. The van der Waals surface area contributed by atoms with Crippen molar-refractivity contribution in [1.29, 1.82) is 0 Å². The maximum atomic E-state index is 12.6. The largest absolute Gasteiger partial charge is 0.504 e. The number of hydroxylamine groups is 1. The van der Waals surface area contributed by atoms with E-state index in [0.717, 1.165) is 14.2 Å². The lowest BCUT2D eigenvalue weighted by atomic mass is 10.0. The van der Waals surface area contributed by atoms with Crippen LogP contribution in [-0.4, -0.2) is 51.9 Å². The molecule has 12 heteroatoms. The molecular formula is C18H24ClN3O7S. The van der Waals surface area contributed by atoms with Crippen molar-refractivity contribution in [3.8, 4) is 5.75 Å². The van der Waals surface area contributed by atoms with Crippen molar-refractivity contribution in [2.45, 2.75) is 24.8 Å². The summed E-state index contributed by atoms with van der Waals surface area (Å²) in [6.45, 7) is 4.14. The standard InChI is InChI=1S/C18H24ClN3O7S/c1-9(2)12(8-28-4)21-14-13(16(24)17(14)25)20-11-7-6-10(19)18(15(11)23)30(26,27)22(3)29-5/h6-7,9,12,20-21,23H,8H2,1-5H3. The minimum Gasteiger partial charge on any atom is -0.504 e. The Morgan fingerprint density at radius 2 is 1.77 bits per heavy atom. The molecule has 0 bridgehead atoms. The van der Waals surface area contributed by atoms with Gasteiger partial charge in [0.15, 0.2) is 5.75 Å². The molecule has 3 N–H and O–H groups in total. The first-order chi connectivity index (χ1) is 14.0. The van der Waals surface area contributed by atoms with Crippen molar-refractivity contribution in [3.63, 3.8) is 0 Å². The zero-order chi connectivity index (χ0) is 22.8. The Bertz CT molecular complexity index is 1090. The number of phenolic OH excluding ortho intramolecular Hbond substituents is 1. The van der Waals surface area contributed by atoms with Crippen LogP contribution in [0, 0.1) is 5.92 Å². The van der Waals surface area contributed by atoms with E-state index < -0.39 is 31.5 Å². The van der Waals surface area contributed by atoms with E-state index in [0.29, 0.717) is 11.1 Å². The zero-order valence-electron chi connectivity index (χ0n) is 17.1. The third-order valence-electron chi connectivity index (χ3n) is 4.59. The molecule has 0 heterocycles. The number of sulfonamides is 1. The molecule has 0 spiro atoms. The fourth-order valence-corrected chi connectivity index (χ4v) is 4.24. The quantitative estimate of drug-likeness (QED) is 0.274. The summed E-state index contributed by atoms with van der Waals surface area (Å²) in [4.78, 5) is 28.3. The Labute approximate surface area is 179 Å². The Balaban J connectivity index is 2.46. The van der Waals surface area contributed by atoms with E-state index in [9.17, 15) is 23.1 Å². The monoisotopic (exact) mass is 461 g/mol. The van der Waals surface area contributed by atoms with Gasteiger partial charge in [-0.05, 0) is 18.1 Å². The molecule has 0 saturated carbocycles. The summed E-state index contributed by atoms with van der Waals surface area (Å²) in [7, 11) is -0.500. The molecule has 0 aliphatic carbocycles. The van der Waals surface area contributed by atoms with Crippen molar-refractivity contribution < 1.29 is 23.1 Å². The van der Waals surface area contributed by atoms with Gasteiger partial charge in [-0.2, -0.15) is 0 Å². The van der Waals surface area contributed by atoms with Crippen LogP contribution in [0.15, 0.2) is 26.6 Å². The summed E-state index contributed by atoms with van der Waals surface area (Å²) in [6.07, 6.45) is 0. The zero-order valence-corrected chi connectivity index (χ0v) is 18.7. The van der Waals surface area contributed by atoms with Crippen molar-refractivity contribution in [3.05, 3.63) is 37.6 Å². The molecular weight excluding hydrogens is 438 g/mol. The van der Waals surface area contributed by atoms with Crippen LogP contribution in [0.5, 0.6) is 5.75 Å². The second-order valence-electron chi connectivity index (χ2n) is 6.85. The number of methoxy groups -OCH3 is 1. The topological polar surface area (TPSA) is 134 Å².